The predicted molar refractivity (Wildman–Crippen MR) is 59.7 cm³/mol. The number of carbonyl (C=O) groups excluding carboxylic acids is 1. The molecule has 0 saturated heterocycles. The molecule has 0 bridgehead atoms. The first-order valence-electron chi connectivity index (χ1n) is 4.71. The van der Waals surface area contributed by atoms with Gasteiger partial charge in [-0.1, -0.05) is 11.6 Å². The highest BCUT2D eigenvalue weighted by atomic mass is 35.5. The van der Waals surface area contributed by atoms with Crippen LogP contribution in [-0.4, -0.2) is 17.6 Å². The van der Waals surface area contributed by atoms with Crippen molar-refractivity contribution in [3.05, 3.63) is 28.0 Å². The van der Waals surface area contributed by atoms with E-state index in [-0.39, 0.29) is 28.8 Å². The van der Waals surface area contributed by atoms with Crippen LogP contribution in [0.3, 0.4) is 0 Å². The highest BCUT2D eigenvalue weighted by Crippen LogP contribution is 2.30. The topological polar surface area (TPSA) is 39.2 Å². The molecule has 0 radical (unpaired) electrons. The lowest BCUT2D eigenvalue weighted by Gasteiger charge is -2.12. The first-order chi connectivity index (χ1) is 8.02. The molecule has 0 aromatic carbocycles. The van der Waals surface area contributed by atoms with Gasteiger partial charge in [0, 0.05) is 17.6 Å². The van der Waals surface area contributed by atoms with Crippen molar-refractivity contribution in [1.29, 1.82) is 0 Å². The standard InChI is InChI=1S/C10H9Cl2F2NO2/c1-2-17-10(16)7-5(3-11)6(9(13)14)4-15-8(7)12/h4,9H,2-3H2,1H3. The van der Waals surface area contributed by atoms with Crippen LogP contribution in [0.4, 0.5) is 8.78 Å². The van der Waals surface area contributed by atoms with E-state index >= 15 is 0 Å². The van der Waals surface area contributed by atoms with Gasteiger partial charge in [0.25, 0.3) is 6.43 Å². The lowest BCUT2D eigenvalue weighted by molar-refractivity contribution is 0.0524. The summed E-state index contributed by atoms with van der Waals surface area (Å²) in [5.41, 5.74) is -0.645. The van der Waals surface area contributed by atoms with Gasteiger partial charge in [-0.05, 0) is 12.5 Å². The molecule has 7 heteroatoms. The van der Waals surface area contributed by atoms with E-state index in [4.69, 9.17) is 27.9 Å². The van der Waals surface area contributed by atoms with Gasteiger partial charge in [0.1, 0.15) is 10.7 Å². The predicted octanol–water partition coefficient (Wildman–Crippen LogP) is 3.59. The number of alkyl halides is 3. The van der Waals surface area contributed by atoms with Gasteiger partial charge in [0.15, 0.2) is 0 Å². The molecule has 0 N–H and O–H groups in total. The minimum absolute atomic E-state index is 0.0416. The number of rotatable bonds is 4. The number of hydrogen-bond acceptors (Lipinski definition) is 3. The number of hydrogen-bond donors (Lipinski definition) is 0. The van der Waals surface area contributed by atoms with E-state index in [0.29, 0.717) is 0 Å². The smallest absolute Gasteiger partial charge is 0.341 e. The molecule has 0 amide bonds. The van der Waals surface area contributed by atoms with E-state index in [1.165, 1.54) is 0 Å². The normalized spacial score (nSPS) is 10.7. The van der Waals surface area contributed by atoms with E-state index < -0.39 is 18.0 Å². The molecule has 1 heterocycles. The van der Waals surface area contributed by atoms with Crippen LogP contribution in [0.5, 0.6) is 0 Å². The third-order valence-corrected chi connectivity index (χ3v) is 2.58. The fourth-order valence-corrected chi connectivity index (χ4v) is 1.81. The molecule has 3 nitrogen and oxygen atoms in total. The summed E-state index contributed by atoms with van der Waals surface area (Å²) in [5.74, 6) is -1.07. The summed E-state index contributed by atoms with van der Waals surface area (Å²) >= 11 is 11.3. The quantitative estimate of drug-likeness (QED) is 0.482. The van der Waals surface area contributed by atoms with Gasteiger partial charge < -0.3 is 4.74 Å². The largest absolute Gasteiger partial charge is 0.462 e. The molecule has 0 aliphatic carbocycles. The first-order valence-corrected chi connectivity index (χ1v) is 5.62. The van der Waals surface area contributed by atoms with Crippen LogP contribution < -0.4 is 0 Å². The number of pyridine rings is 1. The Morgan fingerprint density at radius 2 is 2.24 bits per heavy atom. The van der Waals surface area contributed by atoms with Gasteiger partial charge in [0.2, 0.25) is 0 Å². The van der Waals surface area contributed by atoms with Crippen molar-refractivity contribution in [3.63, 3.8) is 0 Å². The molecule has 0 aliphatic heterocycles. The number of nitrogens with zero attached hydrogens (tertiary/aromatic N) is 1. The van der Waals surface area contributed by atoms with Crippen LogP contribution >= 0.6 is 23.2 Å². The summed E-state index contributed by atoms with van der Waals surface area (Å²) < 4.78 is 30.1. The molecule has 1 aromatic rings. The molecule has 1 rings (SSSR count). The average molecular weight is 284 g/mol. The highest BCUT2D eigenvalue weighted by molar-refractivity contribution is 6.32. The van der Waals surface area contributed by atoms with Gasteiger partial charge in [0.05, 0.1) is 6.61 Å². The van der Waals surface area contributed by atoms with E-state index in [1.54, 1.807) is 6.92 Å². The molecule has 0 unspecified atom stereocenters. The molecular weight excluding hydrogens is 275 g/mol. The number of aromatic nitrogens is 1. The Morgan fingerprint density at radius 1 is 1.59 bits per heavy atom. The summed E-state index contributed by atoms with van der Waals surface area (Å²) in [6.07, 6.45) is -1.87. The third kappa shape index (κ3) is 3.04. The van der Waals surface area contributed by atoms with Gasteiger partial charge in [-0.3, -0.25) is 0 Å². The fraction of sp³-hybridized carbons (Fsp3) is 0.400. The molecule has 1 aromatic heterocycles. The number of halogens is 4. The summed E-state index contributed by atoms with van der Waals surface area (Å²) in [7, 11) is 0. The highest BCUT2D eigenvalue weighted by Gasteiger charge is 2.24. The Bertz CT molecular complexity index is 427. The van der Waals surface area contributed by atoms with E-state index in [9.17, 15) is 13.6 Å². The zero-order valence-electron chi connectivity index (χ0n) is 8.84. The van der Waals surface area contributed by atoms with Crippen molar-refractivity contribution >= 4 is 29.2 Å². The van der Waals surface area contributed by atoms with Crippen LogP contribution in [0.15, 0.2) is 6.20 Å². The van der Waals surface area contributed by atoms with Crippen molar-refractivity contribution in [2.24, 2.45) is 0 Å². The fourth-order valence-electron chi connectivity index (χ4n) is 1.28. The van der Waals surface area contributed by atoms with Crippen molar-refractivity contribution in [3.8, 4) is 0 Å². The summed E-state index contributed by atoms with van der Waals surface area (Å²) in [6.45, 7) is 1.70. The molecule has 0 saturated carbocycles. The van der Waals surface area contributed by atoms with Crippen LogP contribution in [0.25, 0.3) is 0 Å². The monoisotopic (exact) mass is 283 g/mol. The molecule has 0 fully saturated rings. The lowest BCUT2D eigenvalue weighted by atomic mass is 10.1. The van der Waals surface area contributed by atoms with Crippen molar-refractivity contribution < 1.29 is 18.3 Å². The number of esters is 1. The second kappa shape index (κ2) is 6.12. The van der Waals surface area contributed by atoms with Gasteiger partial charge in [-0.2, -0.15) is 0 Å². The number of ether oxygens (including phenoxy) is 1. The van der Waals surface area contributed by atoms with E-state index in [0.717, 1.165) is 6.20 Å². The van der Waals surface area contributed by atoms with Crippen molar-refractivity contribution in [2.75, 3.05) is 6.61 Å². The molecular formula is C10H9Cl2F2NO2. The zero-order valence-corrected chi connectivity index (χ0v) is 10.4. The molecule has 17 heavy (non-hydrogen) atoms. The van der Waals surface area contributed by atoms with Crippen LogP contribution in [0.1, 0.15) is 34.8 Å². The van der Waals surface area contributed by atoms with E-state index in [1.807, 2.05) is 0 Å². The van der Waals surface area contributed by atoms with Crippen LogP contribution in [-0.2, 0) is 10.6 Å². The van der Waals surface area contributed by atoms with Gasteiger partial charge in [-0.15, -0.1) is 11.6 Å². The minimum atomic E-state index is -2.78. The van der Waals surface area contributed by atoms with Crippen molar-refractivity contribution in [2.45, 2.75) is 19.2 Å². The maximum atomic E-state index is 12.7. The SMILES string of the molecule is CCOC(=O)c1c(Cl)ncc(C(F)F)c1CCl. The minimum Gasteiger partial charge on any atom is -0.462 e. The third-order valence-electron chi connectivity index (χ3n) is 2.02. The maximum absolute atomic E-state index is 12.7. The molecule has 94 valence electrons. The second-order valence-electron chi connectivity index (χ2n) is 3.01. The van der Waals surface area contributed by atoms with Crippen LogP contribution in [0, 0.1) is 0 Å². The van der Waals surface area contributed by atoms with Gasteiger partial charge >= 0.3 is 5.97 Å². The Balaban J connectivity index is 3.35. The molecule has 0 aliphatic rings. The summed E-state index contributed by atoms with van der Waals surface area (Å²) in [4.78, 5) is 15.1. The molecule has 0 atom stereocenters. The molecule has 0 spiro atoms. The number of carbonyl (C=O) groups is 1. The summed E-state index contributed by atoms with van der Waals surface area (Å²) in [6, 6.07) is 0. The second-order valence-corrected chi connectivity index (χ2v) is 3.64. The Hall–Kier alpha value is -0.940. The van der Waals surface area contributed by atoms with Gasteiger partial charge in [-0.25, -0.2) is 18.6 Å². The Morgan fingerprint density at radius 3 is 2.71 bits per heavy atom. The van der Waals surface area contributed by atoms with Crippen LogP contribution in [0.2, 0.25) is 5.15 Å². The Kier molecular flexibility index (Phi) is 5.08. The zero-order chi connectivity index (χ0) is 13.0. The maximum Gasteiger partial charge on any atom is 0.341 e. The van der Waals surface area contributed by atoms with Crippen molar-refractivity contribution in [1.82, 2.24) is 4.98 Å². The lowest BCUT2D eigenvalue weighted by Crippen LogP contribution is -2.12. The Labute approximate surface area is 107 Å². The first kappa shape index (κ1) is 14.1. The van der Waals surface area contributed by atoms with E-state index in [2.05, 4.69) is 4.98 Å². The average Bonchev–Trinajstić information content (AvgIpc) is 2.28. The summed E-state index contributed by atoms with van der Waals surface area (Å²) in [5, 5.41) is -0.191.